The maximum absolute atomic E-state index is 10.5. The number of aryl methyl sites for hydroxylation is 2. The van der Waals surface area contributed by atoms with Crippen LogP contribution in [0, 0.1) is 13.8 Å². The second-order valence-electron chi connectivity index (χ2n) is 4.77. The first kappa shape index (κ1) is 12.9. The van der Waals surface area contributed by atoms with E-state index in [2.05, 4.69) is 29.5 Å². The zero-order chi connectivity index (χ0) is 14.3. The molecule has 1 aromatic carbocycles. The highest BCUT2D eigenvalue weighted by molar-refractivity contribution is 7.26. The number of carbonyl (C=O) groups is 1. The normalized spacial score (nSPS) is 11.3. The quantitative estimate of drug-likeness (QED) is 0.778. The lowest BCUT2D eigenvalue weighted by Gasteiger charge is -2.03. The van der Waals surface area contributed by atoms with Gasteiger partial charge in [0, 0.05) is 16.6 Å². The van der Waals surface area contributed by atoms with Crippen LogP contribution in [0.4, 0.5) is 4.79 Å². The Morgan fingerprint density at radius 3 is 2.95 bits per heavy atom. The first-order chi connectivity index (χ1) is 9.58. The first-order valence-electron chi connectivity index (χ1n) is 6.40. The molecule has 0 aliphatic carbocycles. The van der Waals surface area contributed by atoms with Crippen molar-refractivity contribution in [3.63, 3.8) is 0 Å². The number of thiophene rings is 1. The summed E-state index contributed by atoms with van der Waals surface area (Å²) in [7, 11) is 0. The van der Waals surface area contributed by atoms with Crippen molar-refractivity contribution in [3.05, 3.63) is 29.5 Å². The van der Waals surface area contributed by atoms with E-state index in [0.29, 0.717) is 13.1 Å². The molecule has 0 bridgehead atoms. The van der Waals surface area contributed by atoms with Gasteiger partial charge < -0.3 is 10.4 Å². The molecule has 3 aromatic rings. The van der Waals surface area contributed by atoms with E-state index >= 15 is 0 Å². The van der Waals surface area contributed by atoms with Crippen molar-refractivity contribution in [3.8, 4) is 0 Å². The van der Waals surface area contributed by atoms with Crippen LogP contribution >= 0.6 is 11.3 Å². The molecule has 0 radical (unpaired) electrons. The largest absolute Gasteiger partial charge is 0.465 e. The zero-order valence-electron chi connectivity index (χ0n) is 11.3. The third kappa shape index (κ3) is 2.02. The summed E-state index contributed by atoms with van der Waals surface area (Å²) in [6.45, 7) is 5.00. The Morgan fingerprint density at radius 2 is 2.20 bits per heavy atom. The van der Waals surface area contributed by atoms with E-state index < -0.39 is 6.09 Å². The fourth-order valence-electron chi connectivity index (χ4n) is 2.46. The molecule has 0 aliphatic heterocycles. The van der Waals surface area contributed by atoms with Crippen molar-refractivity contribution in [1.29, 1.82) is 0 Å². The molecule has 104 valence electrons. The van der Waals surface area contributed by atoms with Gasteiger partial charge in [-0.3, -0.25) is 4.68 Å². The fourth-order valence-corrected chi connectivity index (χ4v) is 3.66. The van der Waals surface area contributed by atoms with E-state index in [0.717, 1.165) is 11.2 Å². The Morgan fingerprint density at radius 1 is 1.40 bits per heavy atom. The Bertz CT molecular complexity index is 804. The number of rotatable bonds is 3. The van der Waals surface area contributed by atoms with Gasteiger partial charge in [-0.05, 0) is 19.4 Å². The molecule has 0 fully saturated rings. The molecule has 2 N–H and O–H groups in total. The molecule has 0 spiro atoms. The van der Waals surface area contributed by atoms with Crippen LogP contribution in [-0.2, 0) is 6.54 Å². The summed E-state index contributed by atoms with van der Waals surface area (Å²) >= 11 is 1.76. The zero-order valence-corrected chi connectivity index (χ0v) is 12.1. The number of nitrogens with one attached hydrogen (secondary N) is 1. The van der Waals surface area contributed by atoms with Crippen LogP contribution in [0.2, 0.25) is 0 Å². The number of nitrogens with zero attached hydrogens (tertiary/aromatic N) is 2. The number of carboxylic acid groups (broad SMARTS) is 1. The highest BCUT2D eigenvalue weighted by Gasteiger charge is 2.15. The summed E-state index contributed by atoms with van der Waals surface area (Å²) in [6, 6.07) is 6.26. The van der Waals surface area contributed by atoms with E-state index in [1.165, 1.54) is 20.3 Å². The van der Waals surface area contributed by atoms with E-state index in [1.54, 1.807) is 11.3 Å². The minimum absolute atomic E-state index is 0.356. The van der Waals surface area contributed by atoms with Crippen molar-refractivity contribution >= 4 is 37.7 Å². The fraction of sp³-hybridized carbons (Fsp3) is 0.286. The van der Waals surface area contributed by atoms with Crippen LogP contribution in [-0.4, -0.2) is 27.5 Å². The van der Waals surface area contributed by atoms with Gasteiger partial charge in [0.15, 0.2) is 0 Å². The molecular formula is C14H15N3O2S. The Balaban J connectivity index is 2.10. The minimum atomic E-state index is -1.00. The van der Waals surface area contributed by atoms with Crippen molar-refractivity contribution in [2.24, 2.45) is 0 Å². The number of aromatic nitrogens is 2. The predicted molar refractivity (Wildman–Crippen MR) is 80.6 cm³/mol. The molecule has 0 saturated carbocycles. The van der Waals surface area contributed by atoms with E-state index in [4.69, 9.17) is 5.11 Å². The Hall–Kier alpha value is -2.08. The highest BCUT2D eigenvalue weighted by atomic mass is 32.1. The predicted octanol–water partition coefficient (Wildman–Crippen LogP) is 3.14. The van der Waals surface area contributed by atoms with E-state index in [-0.39, 0.29) is 0 Å². The average molecular weight is 289 g/mol. The lowest BCUT2D eigenvalue weighted by Crippen LogP contribution is -2.25. The summed E-state index contributed by atoms with van der Waals surface area (Å²) in [6.07, 6.45) is -1.00. The monoisotopic (exact) mass is 289 g/mol. The molecule has 20 heavy (non-hydrogen) atoms. The third-order valence-electron chi connectivity index (χ3n) is 3.34. The lowest BCUT2D eigenvalue weighted by atomic mass is 10.2. The second kappa shape index (κ2) is 4.79. The number of fused-ring (bicyclic) bond motifs is 3. The standard InChI is InChI=1S/C14H15N3O2S/c1-8-4-3-5-10-11-13(20-12(8)10)9(2)16-17(11)7-6-15-14(18)19/h3-5,15H,6-7H2,1-2H3,(H,18,19). The number of hydrogen-bond acceptors (Lipinski definition) is 3. The molecule has 2 heterocycles. The molecule has 0 unspecified atom stereocenters. The molecule has 5 nitrogen and oxygen atoms in total. The molecule has 0 saturated heterocycles. The van der Waals surface area contributed by atoms with Crippen LogP contribution < -0.4 is 5.32 Å². The second-order valence-corrected chi connectivity index (χ2v) is 5.79. The van der Waals surface area contributed by atoms with Gasteiger partial charge in [-0.25, -0.2) is 4.79 Å². The first-order valence-corrected chi connectivity index (χ1v) is 7.21. The molecular weight excluding hydrogens is 274 g/mol. The molecule has 0 aliphatic rings. The van der Waals surface area contributed by atoms with Crippen LogP contribution in [0.3, 0.4) is 0 Å². The minimum Gasteiger partial charge on any atom is -0.465 e. The third-order valence-corrected chi connectivity index (χ3v) is 4.78. The topological polar surface area (TPSA) is 67.2 Å². The van der Waals surface area contributed by atoms with Gasteiger partial charge in [-0.1, -0.05) is 18.2 Å². The van der Waals surface area contributed by atoms with Gasteiger partial charge in [-0.2, -0.15) is 5.10 Å². The average Bonchev–Trinajstić information content (AvgIpc) is 2.90. The van der Waals surface area contributed by atoms with Crippen molar-refractivity contribution in [2.45, 2.75) is 20.4 Å². The van der Waals surface area contributed by atoms with E-state index in [9.17, 15) is 4.79 Å². The smallest absolute Gasteiger partial charge is 0.404 e. The van der Waals surface area contributed by atoms with Gasteiger partial charge in [-0.15, -0.1) is 11.3 Å². The maximum Gasteiger partial charge on any atom is 0.404 e. The Labute approximate surface area is 119 Å². The summed E-state index contributed by atoms with van der Waals surface area (Å²) < 4.78 is 4.37. The number of hydrogen-bond donors (Lipinski definition) is 2. The summed E-state index contributed by atoms with van der Waals surface area (Å²) in [5.74, 6) is 0. The summed E-state index contributed by atoms with van der Waals surface area (Å²) in [4.78, 5) is 10.5. The van der Waals surface area contributed by atoms with Gasteiger partial charge in [0.25, 0.3) is 0 Å². The lowest BCUT2D eigenvalue weighted by molar-refractivity contribution is 0.194. The highest BCUT2D eigenvalue weighted by Crippen LogP contribution is 2.37. The van der Waals surface area contributed by atoms with Gasteiger partial charge >= 0.3 is 6.09 Å². The molecule has 1 amide bonds. The van der Waals surface area contributed by atoms with Crippen molar-refractivity contribution < 1.29 is 9.90 Å². The SMILES string of the molecule is Cc1cccc2c1sc1c(C)nn(CCNC(=O)O)c12. The number of benzene rings is 1. The van der Waals surface area contributed by atoms with Gasteiger partial charge in [0.05, 0.1) is 22.5 Å². The van der Waals surface area contributed by atoms with Crippen LogP contribution in [0.15, 0.2) is 18.2 Å². The molecule has 6 heteroatoms. The van der Waals surface area contributed by atoms with Gasteiger partial charge in [0.1, 0.15) is 0 Å². The summed E-state index contributed by atoms with van der Waals surface area (Å²) in [5, 5.41) is 16.7. The summed E-state index contributed by atoms with van der Waals surface area (Å²) in [5.41, 5.74) is 3.37. The maximum atomic E-state index is 10.5. The van der Waals surface area contributed by atoms with Crippen molar-refractivity contribution in [2.75, 3.05) is 6.54 Å². The van der Waals surface area contributed by atoms with Crippen LogP contribution in [0.5, 0.6) is 0 Å². The number of amides is 1. The van der Waals surface area contributed by atoms with Crippen molar-refractivity contribution in [1.82, 2.24) is 15.1 Å². The Kier molecular flexibility index (Phi) is 3.10. The molecule has 3 rings (SSSR count). The van der Waals surface area contributed by atoms with Crippen LogP contribution in [0.1, 0.15) is 11.3 Å². The van der Waals surface area contributed by atoms with Gasteiger partial charge in [0.2, 0.25) is 0 Å². The van der Waals surface area contributed by atoms with E-state index in [1.807, 2.05) is 17.7 Å². The molecule has 0 atom stereocenters. The molecule has 2 aromatic heterocycles. The van der Waals surface area contributed by atoms with Crippen LogP contribution in [0.25, 0.3) is 20.3 Å².